The molecule has 0 radical (unpaired) electrons. The summed E-state index contributed by atoms with van der Waals surface area (Å²) in [4.78, 5) is 0. The molecule has 1 saturated carbocycles. The standard InChI is InChI=1S/C15H31NO/c1-4-8-12(2)11-14(16)15(17-3)13-9-6-5-7-10-13/h12-15H,4-11,16H2,1-3H3. The third-order valence-corrected chi connectivity index (χ3v) is 4.26. The molecule has 2 N–H and O–H groups in total. The number of hydrogen-bond acceptors (Lipinski definition) is 2. The summed E-state index contributed by atoms with van der Waals surface area (Å²) in [5, 5.41) is 0. The van der Waals surface area contributed by atoms with Crippen molar-refractivity contribution in [3.63, 3.8) is 0 Å². The second kappa shape index (κ2) is 8.10. The molecule has 1 aliphatic carbocycles. The van der Waals surface area contributed by atoms with E-state index in [1.165, 1.54) is 44.9 Å². The van der Waals surface area contributed by atoms with Crippen LogP contribution in [0.25, 0.3) is 0 Å². The van der Waals surface area contributed by atoms with Gasteiger partial charge in [0.05, 0.1) is 6.10 Å². The van der Waals surface area contributed by atoms with Crippen LogP contribution in [0.1, 0.15) is 65.2 Å². The maximum Gasteiger partial charge on any atom is 0.0750 e. The van der Waals surface area contributed by atoms with Crippen LogP contribution in [0.4, 0.5) is 0 Å². The molecular formula is C15H31NO. The molecule has 3 atom stereocenters. The smallest absolute Gasteiger partial charge is 0.0750 e. The van der Waals surface area contributed by atoms with Gasteiger partial charge in [0.15, 0.2) is 0 Å². The van der Waals surface area contributed by atoms with E-state index < -0.39 is 0 Å². The molecule has 0 aromatic rings. The molecule has 0 spiro atoms. The molecule has 0 aromatic heterocycles. The van der Waals surface area contributed by atoms with Gasteiger partial charge in [0, 0.05) is 13.2 Å². The van der Waals surface area contributed by atoms with E-state index in [-0.39, 0.29) is 12.1 Å². The summed E-state index contributed by atoms with van der Waals surface area (Å²) in [5.41, 5.74) is 6.37. The summed E-state index contributed by atoms with van der Waals surface area (Å²) in [6.45, 7) is 4.56. The fraction of sp³-hybridized carbons (Fsp3) is 1.00. The molecule has 17 heavy (non-hydrogen) atoms. The molecule has 0 bridgehead atoms. The quantitative estimate of drug-likeness (QED) is 0.737. The molecule has 3 unspecified atom stereocenters. The number of rotatable bonds is 7. The minimum absolute atomic E-state index is 0.227. The lowest BCUT2D eigenvalue weighted by Crippen LogP contribution is -2.43. The Morgan fingerprint density at radius 3 is 2.41 bits per heavy atom. The fourth-order valence-electron chi connectivity index (χ4n) is 3.39. The molecule has 0 aliphatic heterocycles. The minimum atomic E-state index is 0.227. The van der Waals surface area contributed by atoms with Crippen LogP contribution >= 0.6 is 0 Å². The summed E-state index contributed by atoms with van der Waals surface area (Å²) in [7, 11) is 1.84. The number of ether oxygens (including phenoxy) is 1. The van der Waals surface area contributed by atoms with Gasteiger partial charge < -0.3 is 10.5 Å². The van der Waals surface area contributed by atoms with Crippen LogP contribution in [0, 0.1) is 11.8 Å². The Labute approximate surface area is 107 Å². The molecule has 102 valence electrons. The van der Waals surface area contributed by atoms with Crippen LogP contribution in [0.15, 0.2) is 0 Å². The molecule has 1 rings (SSSR count). The van der Waals surface area contributed by atoms with Crippen molar-refractivity contribution in [2.24, 2.45) is 17.6 Å². The fourth-order valence-corrected chi connectivity index (χ4v) is 3.39. The largest absolute Gasteiger partial charge is 0.380 e. The first-order valence-electron chi connectivity index (χ1n) is 7.47. The SMILES string of the molecule is CCCC(C)CC(N)C(OC)C1CCCCC1. The Morgan fingerprint density at radius 1 is 1.24 bits per heavy atom. The summed E-state index contributed by atoms with van der Waals surface area (Å²) in [6.07, 6.45) is 10.7. The number of methoxy groups -OCH3 is 1. The summed E-state index contributed by atoms with van der Waals surface area (Å²) >= 11 is 0. The highest BCUT2D eigenvalue weighted by Gasteiger charge is 2.29. The van der Waals surface area contributed by atoms with Crippen LogP contribution in [0.3, 0.4) is 0 Å². The Balaban J connectivity index is 2.41. The Kier molecular flexibility index (Phi) is 7.14. The van der Waals surface area contributed by atoms with Crippen LogP contribution in [0.5, 0.6) is 0 Å². The van der Waals surface area contributed by atoms with Crippen molar-refractivity contribution in [2.75, 3.05) is 7.11 Å². The van der Waals surface area contributed by atoms with Crippen molar-refractivity contribution in [3.05, 3.63) is 0 Å². The van der Waals surface area contributed by atoms with E-state index in [4.69, 9.17) is 10.5 Å². The zero-order valence-corrected chi connectivity index (χ0v) is 12.0. The molecule has 2 heteroatoms. The summed E-state index contributed by atoms with van der Waals surface area (Å²) in [6, 6.07) is 0.227. The zero-order valence-electron chi connectivity index (χ0n) is 12.0. The Morgan fingerprint density at radius 2 is 1.88 bits per heavy atom. The van der Waals surface area contributed by atoms with E-state index in [0.29, 0.717) is 5.92 Å². The molecule has 0 saturated heterocycles. The van der Waals surface area contributed by atoms with E-state index in [0.717, 1.165) is 12.3 Å². The van der Waals surface area contributed by atoms with Gasteiger partial charge in [-0.25, -0.2) is 0 Å². The molecular weight excluding hydrogens is 210 g/mol. The van der Waals surface area contributed by atoms with Crippen molar-refractivity contribution < 1.29 is 4.74 Å². The predicted octanol–water partition coefficient (Wildman–Crippen LogP) is 3.74. The molecule has 0 aromatic carbocycles. The van der Waals surface area contributed by atoms with Crippen molar-refractivity contribution in [1.82, 2.24) is 0 Å². The number of nitrogens with two attached hydrogens (primary N) is 1. The maximum atomic E-state index is 6.37. The maximum absolute atomic E-state index is 6.37. The highest BCUT2D eigenvalue weighted by Crippen LogP contribution is 2.30. The lowest BCUT2D eigenvalue weighted by atomic mass is 9.80. The van der Waals surface area contributed by atoms with Crippen LogP contribution in [-0.2, 0) is 4.74 Å². The van der Waals surface area contributed by atoms with E-state index in [1.54, 1.807) is 0 Å². The molecule has 2 nitrogen and oxygen atoms in total. The van der Waals surface area contributed by atoms with Gasteiger partial charge in [-0.15, -0.1) is 0 Å². The Bertz CT molecular complexity index is 189. The topological polar surface area (TPSA) is 35.2 Å². The molecule has 0 heterocycles. The molecule has 1 fully saturated rings. The zero-order chi connectivity index (χ0) is 12.7. The van der Waals surface area contributed by atoms with Gasteiger partial charge in [-0.2, -0.15) is 0 Å². The normalized spacial score (nSPS) is 23.3. The minimum Gasteiger partial charge on any atom is -0.380 e. The van der Waals surface area contributed by atoms with Gasteiger partial charge >= 0.3 is 0 Å². The first kappa shape index (κ1) is 15.0. The predicted molar refractivity (Wildman–Crippen MR) is 74.0 cm³/mol. The van der Waals surface area contributed by atoms with Crippen LogP contribution in [-0.4, -0.2) is 19.3 Å². The lowest BCUT2D eigenvalue weighted by Gasteiger charge is -2.34. The first-order valence-corrected chi connectivity index (χ1v) is 7.47. The van der Waals surface area contributed by atoms with E-state index >= 15 is 0 Å². The van der Waals surface area contributed by atoms with Crippen molar-refractivity contribution >= 4 is 0 Å². The summed E-state index contributed by atoms with van der Waals surface area (Å²) in [5.74, 6) is 1.44. The highest BCUT2D eigenvalue weighted by molar-refractivity contribution is 4.83. The van der Waals surface area contributed by atoms with E-state index in [9.17, 15) is 0 Å². The number of hydrogen-bond donors (Lipinski definition) is 1. The van der Waals surface area contributed by atoms with Crippen LogP contribution in [0.2, 0.25) is 0 Å². The van der Waals surface area contributed by atoms with Crippen molar-refractivity contribution in [2.45, 2.75) is 77.4 Å². The summed E-state index contributed by atoms with van der Waals surface area (Å²) < 4.78 is 5.71. The molecule has 1 aliphatic rings. The van der Waals surface area contributed by atoms with Gasteiger partial charge in [0.2, 0.25) is 0 Å². The van der Waals surface area contributed by atoms with Crippen molar-refractivity contribution in [1.29, 1.82) is 0 Å². The van der Waals surface area contributed by atoms with Crippen LogP contribution < -0.4 is 5.73 Å². The van der Waals surface area contributed by atoms with Gasteiger partial charge in [0.25, 0.3) is 0 Å². The third kappa shape index (κ3) is 4.97. The highest BCUT2D eigenvalue weighted by atomic mass is 16.5. The lowest BCUT2D eigenvalue weighted by molar-refractivity contribution is 0.0124. The monoisotopic (exact) mass is 241 g/mol. The average Bonchev–Trinajstić information content (AvgIpc) is 2.31. The van der Waals surface area contributed by atoms with Crippen molar-refractivity contribution in [3.8, 4) is 0 Å². The van der Waals surface area contributed by atoms with E-state index in [1.807, 2.05) is 7.11 Å². The van der Waals surface area contributed by atoms with E-state index in [2.05, 4.69) is 13.8 Å². The van der Waals surface area contributed by atoms with Gasteiger partial charge in [-0.1, -0.05) is 46.0 Å². The first-order chi connectivity index (χ1) is 8.19. The Hall–Kier alpha value is -0.0800. The third-order valence-electron chi connectivity index (χ3n) is 4.26. The average molecular weight is 241 g/mol. The van der Waals surface area contributed by atoms with Gasteiger partial charge in [0.1, 0.15) is 0 Å². The second-order valence-electron chi connectivity index (χ2n) is 5.89. The van der Waals surface area contributed by atoms with Gasteiger partial charge in [-0.3, -0.25) is 0 Å². The van der Waals surface area contributed by atoms with Gasteiger partial charge in [-0.05, 0) is 31.1 Å². The second-order valence-corrected chi connectivity index (χ2v) is 5.89. The molecule has 0 amide bonds.